The first-order valence-corrected chi connectivity index (χ1v) is 11.3. The van der Waals surface area contributed by atoms with E-state index in [9.17, 15) is 13.2 Å². The van der Waals surface area contributed by atoms with Gasteiger partial charge in [-0.15, -0.1) is 11.3 Å². The second-order valence-electron chi connectivity index (χ2n) is 7.14. The first kappa shape index (κ1) is 21.0. The number of imidazole rings is 1. The number of urea groups is 1. The molecule has 154 valence electrons. The van der Waals surface area contributed by atoms with Crippen molar-refractivity contribution in [2.45, 2.75) is 37.9 Å². The largest absolute Gasteiger partial charge is 0.351 e. The first-order chi connectivity index (χ1) is 13.7. The Morgan fingerprint density at radius 1 is 1.31 bits per heavy atom. The van der Waals surface area contributed by atoms with Crippen LogP contribution in [0.3, 0.4) is 0 Å². The maximum Gasteiger partial charge on any atom is 0.326 e. The molecule has 3 aromatic rings. The number of carbonyl (C=O) groups excluding carboxylic acids is 1. The third kappa shape index (κ3) is 5.01. The van der Waals surface area contributed by atoms with Crippen LogP contribution >= 0.6 is 11.3 Å². The lowest BCUT2D eigenvalue weighted by Gasteiger charge is -2.07. The average Bonchev–Trinajstić information content (AvgIpc) is 3.21. The third-order valence-electron chi connectivity index (χ3n) is 4.21. The molecule has 0 fully saturated rings. The third-order valence-corrected chi connectivity index (χ3v) is 7.25. The van der Waals surface area contributed by atoms with Crippen LogP contribution in [0.2, 0.25) is 0 Å². The molecule has 3 N–H and O–H groups in total. The number of nitrogens with zero attached hydrogens (tertiary/aromatic N) is 3. The Balaban J connectivity index is 1.97. The van der Waals surface area contributed by atoms with Crippen molar-refractivity contribution < 1.29 is 13.2 Å². The van der Waals surface area contributed by atoms with Gasteiger partial charge in [-0.1, -0.05) is 19.9 Å². The fourth-order valence-electron chi connectivity index (χ4n) is 2.93. The summed E-state index contributed by atoms with van der Waals surface area (Å²) in [5.74, 6) is 1.26. The summed E-state index contributed by atoms with van der Waals surface area (Å²) in [6.45, 7) is 6.66. The van der Waals surface area contributed by atoms with Crippen LogP contribution in [0, 0.1) is 12.8 Å². The Morgan fingerprint density at radius 3 is 2.62 bits per heavy atom. The van der Waals surface area contributed by atoms with Gasteiger partial charge >= 0.3 is 6.03 Å². The Kier molecular flexibility index (Phi) is 6.04. The number of nitrogens with two attached hydrogens (primary N) is 1. The minimum absolute atomic E-state index is 0.0395. The monoisotopic (exact) mass is 433 g/mol. The van der Waals surface area contributed by atoms with Crippen molar-refractivity contribution in [3.05, 3.63) is 53.1 Å². The molecule has 0 aromatic carbocycles. The van der Waals surface area contributed by atoms with Gasteiger partial charge in [0.2, 0.25) is 0 Å². The summed E-state index contributed by atoms with van der Waals surface area (Å²) in [4.78, 5) is 20.7. The summed E-state index contributed by atoms with van der Waals surface area (Å²) in [7, 11) is -4.07. The Morgan fingerprint density at radius 2 is 2.07 bits per heavy atom. The summed E-state index contributed by atoms with van der Waals surface area (Å²) >= 11 is 1.13. The number of hydrogen-bond acceptors (Lipinski definition) is 6. The summed E-state index contributed by atoms with van der Waals surface area (Å²) in [6.07, 6.45) is 6.07. The molecule has 29 heavy (non-hydrogen) atoms. The van der Waals surface area contributed by atoms with Crippen LogP contribution in [0.5, 0.6) is 0 Å². The number of amides is 2. The molecule has 10 heteroatoms. The smallest absolute Gasteiger partial charge is 0.326 e. The minimum Gasteiger partial charge on any atom is -0.351 e. The van der Waals surface area contributed by atoms with Gasteiger partial charge in [0.1, 0.15) is 10.0 Å². The molecule has 0 aliphatic heterocycles. The van der Waals surface area contributed by atoms with Crippen molar-refractivity contribution in [1.29, 1.82) is 0 Å². The molecule has 0 spiro atoms. The summed E-state index contributed by atoms with van der Waals surface area (Å²) in [5, 5.41) is 0. The second kappa shape index (κ2) is 8.34. The molecule has 0 saturated heterocycles. The Hall–Kier alpha value is -2.72. The molecule has 0 radical (unpaired) electrons. The number of thiophene rings is 1. The molecule has 3 aromatic heterocycles. The number of rotatable bonds is 7. The highest BCUT2D eigenvalue weighted by molar-refractivity contribution is 7.92. The van der Waals surface area contributed by atoms with Gasteiger partial charge in [-0.05, 0) is 37.0 Å². The van der Waals surface area contributed by atoms with Gasteiger partial charge in [0.15, 0.2) is 0 Å². The predicted octanol–water partition coefficient (Wildman–Crippen LogP) is 2.92. The van der Waals surface area contributed by atoms with E-state index in [1.165, 1.54) is 0 Å². The lowest BCUT2D eigenvalue weighted by Crippen LogP contribution is -2.34. The number of aromatic nitrogens is 3. The van der Waals surface area contributed by atoms with Gasteiger partial charge < -0.3 is 10.3 Å². The molecule has 3 rings (SSSR count). The number of carbonyl (C=O) groups is 1. The number of sulfonamides is 1. The highest BCUT2D eigenvalue weighted by Gasteiger charge is 2.25. The van der Waals surface area contributed by atoms with Gasteiger partial charge in [0.05, 0.1) is 12.2 Å². The van der Waals surface area contributed by atoms with E-state index in [0.29, 0.717) is 23.7 Å². The molecule has 0 unspecified atom stereocenters. The van der Waals surface area contributed by atoms with Crippen LogP contribution in [0.15, 0.2) is 41.0 Å². The molecule has 8 nitrogen and oxygen atoms in total. The molecule has 2 amide bonds. The van der Waals surface area contributed by atoms with E-state index >= 15 is 0 Å². The Labute approximate surface area is 173 Å². The molecule has 0 aliphatic rings. The van der Waals surface area contributed by atoms with Crippen LogP contribution < -0.4 is 10.5 Å². The van der Waals surface area contributed by atoms with Crippen LogP contribution in [0.4, 0.5) is 4.79 Å². The SMILES string of the molecule is Cc1nccn1Cc1ccc(-c2cc(CC(C)C)sc2S(=O)(=O)NC(N)=O)nc1. The van der Waals surface area contributed by atoms with Gasteiger partial charge in [-0.3, -0.25) is 4.98 Å². The number of aryl methyl sites for hydroxylation is 1. The molecule has 0 saturated carbocycles. The topological polar surface area (TPSA) is 120 Å². The van der Waals surface area contributed by atoms with Crippen LogP contribution in [-0.4, -0.2) is 29.0 Å². The van der Waals surface area contributed by atoms with E-state index in [4.69, 9.17) is 5.73 Å². The first-order valence-electron chi connectivity index (χ1n) is 9.03. The number of pyridine rings is 1. The van der Waals surface area contributed by atoms with Crippen LogP contribution in [0.1, 0.15) is 30.1 Å². The summed E-state index contributed by atoms with van der Waals surface area (Å²) in [5.41, 5.74) is 6.99. The van der Waals surface area contributed by atoms with E-state index in [2.05, 4.69) is 23.8 Å². The summed E-state index contributed by atoms with van der Waals surface area (Å²) < 4.78 is 29.1. The van der Waals surface area contributed by atoms with E-state index in [1.54, 1.807) is 18.5 Å². The lowest BCUT2D eigenvalue weighted by atomic mass is 10.1. The van der Waals surface area contributed by atoms with Crippen molar-refractivity contribution in [3.8, 4) is 11.3 Å². The maximum absolute atomic E-state index is 12.6. The second-order valence-corrected chi connectivity index (χ2v) is 10.2. The Bertz CT molecular complexity index is 1120. The quantitative estimate of drug-likeness (QED) is 0.594. The molecule has 0 atom stereocenters. The van der Waals surface area contributed by atoms with Crippen molar-refractivity contribution in [1.82, 2.24) is 19.3 Å². The zero-order valence-corrected chi connectivity index (χ0v) is 18.0. The van der Waals surface area contributed by atoms with Crippen molar-refractivity contribution >= 4 is 27.4 Å². The molecule has 3 heterocycles. The van der Waals surface area contributed by atoms with E-state index in [1.807, 2.05) is 34.5 Å². The normalized spacial score (nSPS) is 11.7. The zero-order valence-electron chi connectivity index (χ0n) is 16.4. The number of hydrogen-bond donors (Lipinski definition) is 2. The van der Waals surface area contributed by atoms with Crippen LogP contribution in [-0.2, 0) is 23.0 Å². The highest BCUT2D eigenvalue weighted by atomic mass is 32.2. The van der Waals surface area contributed by atoms with E-state index < -0.39 is 16.1 Å². The van der Waals surface area contributed by atoms with Gasteiger partial charge in [0.25, 0.3) is 10.0 Å². The zero-order chi connectivity index (χ0) is 21.2. The standard InChI is InChI=1S/C19H23N5O3S2/c1-12(2)8-15-9-16(18(28-15)29(26,27)23-19(20)25)17-5-4-14(10-22-17)11-24-7-6-21-13(24)3/h4-7,9-10,12H,8,11H2,1-3H3,(H3,20,23,25). The molecule has 0 bridgehead atoms. The van der Waals surface area contributed by atoms with Gasteiger partial charge in [-0.25, -0.2) is 22.9 Å². The van der Waals surface area contributed by atoms with Crippen molar-refractivity contribution in [3.63, 3.8) is 0 Å². The van der Waals surface area contributed by atoms with Crippen molar-refractivity contribution in [2.24, 2.45) is 11.7 Å². The fourth-order valence-corrected chi connectivity index (χ4v) is 5.73. The average molecular weight is 434 g/mol. The van der Waals surface area contributed by atoms with Gasteiger partial charge in [-0.2, -0.15) is 0 Å². The maximum atomic E-state index is 12.6. The summed E-state index contributed by atoms with van der Waals surface area (Å²) in [6, 6.07) is 4.39. The highest BCUT2D eigenvalue weighted by Crippen LogP contribution is 2.35. The van der Waals surface area contributed by atoms with Crippen molar-refractivity contribution in [2.75, 3.05) is 0 Å². The number of primary amides is 1. The fraction of sp³-hybridized carbons (Fsp3) is 0.316. The molecular formula is C19H23N5O3S2. The number of nitrogens with one attached hydrogen (secondary N) is 1. The molecule has 0 aliphatic carbocycles. The van der Waals surface area contributed by atoms with Gasteiger partial charge in [0, 0.05) is 29.0 Å². The van der Waals surface area contributed by atoms with E-state index in [-0.39, 0.29) is 4.21 Å². The van der Waals surface area contributed by atoms with Crippen LogP contribution in [0.25, 0.3) is 11.3 Å². The minimum atomic E-state index is -4.07. The predicted molar refractivity (Wildman–Crippen MR) is 112 cm³/mol. The lowest BCUT2D eigenvalue weighted by molar-refractivity contribution is 0.253. The van der Waals surface area contributed by atoms with E-state index in [0.717, 1.165) is 34.0 Å². The molecular weight excluding hydrogens is 410 g/mol.